The smallest absolute Gasteiger partial charge is 0.330 e. The van der Waals surface area contributed by atoms with E-state index in [-0.39, 0.29) is 17.4 Å². The van der Waals surface area contributed by atoms with Gasteiger partial charge in [0.2, 0.25) is 0 Å². The first-order valence-corrected chi connectivity index (χ1v) is 9.99. The topological polar surface area (TPSA) is 127 Å². The normalized spacial score (nSPS) is 10.9. The summed E-state index contributed by atoms with van der Waals surface area (Å²) in [6, 6.07) is 0. The first-order valence-electron chi connectivity index (χ1n) is 9.21. The molecule has 0 bridgehead atoms. The summed E-state index contributed by atoms with van der Waals surface area (Å²) >= 11 is 0.998. The maximum absolute atomic E-state index is 13.2. The molecule has 0 spiro atoms. The first-order chi connectivity index (χ1) is 13.0. The number of carbonyl (C=O) groups excluding carboxylic acids is 1. The summed E-state index contributed by atoms with van der Waals surface area (Å²) in [5.41, 5.74) is 5.55. The number of hydrogen-bond acceptors (Lipinski definition) is 7. The molecular formula is C17H26N6O3S. The molecule has 0 aliphatic heterocycles. The predicted octanol–water partition coefficient (Wildman–Crippen LogP) is 1.78. The van der Waals surface area contributed by atoms with Gasteiger partial charge in [-0.25, -0.2) is 4.79 Å². The molecule has 10 heteroatoms. The number of aromatic nitrogens is 4. The minimum Gasteiger partial charge on any atom is -0.383 e. The Labute approximate surface area is 161 Å². The van der Waals surface area contributed by atoms with Crippen LogP contribution in [0, 0.1) is 0 Å². The average molecular weight is 395 g/mol. The Kier molecular flexibility index (Phi) is 7.28. The van der Waals surface area contributed by atoms with Crippen molar-refractivity contribution in [3.8, 4) is 0 Å². The van der Waals surface area contributed by atoms with Crippen molar-refractivity contribution >= 4 is 28.9 Å². The molecule has 2 aromatic rings. The number of nitrogens with zero attached hydrogens (tertiary/aromatic N) is 4. The maximum Gasteiger partial charge on any atom is 0.330 e. The fourth-order valence-electron chi connectivity index (χ4n) is 2.73. The molecule has 0 unspecified atom stereocenters. The van der Waals surface area contributed by atoms with E-state index in [1.807, 2.05) is 20.8 Å². The molecule has 2 heterocycles. The Bertz CT molecular complexity index is 901. The van der Waals surface area contributed by atoms with E-state index in [4.69, 9.17) is 5.73 Å². The molecule has 3 N–H and O–H groups in total. The Morgan fingerprint density at radius 2 is 1.93 bits per heavy atom. The zero-order valence-corrected chi connectivity index (χ0v) is 16.8. The molecule has 148 valence electrons. The minimum atomic E-state index is -0.662. The van der Waals surface area contributed by atoms with E-state index in [2.05, 4.69) is 14.6 Å². The summed E-state index contributed by atoms with van der Waals surface area (Å²) in [4.78, 5) is 41.9. The second-order valence-corrected chi connectivity index (χ2v) is 6.97. The van der Waals surface area contributed by atoms with Crippen LogP contribution in [-0.4, -0.2) is 31.6 Å². The van der Waals surface area contributed by atoms with E-state index >= 15 is 0 Å². The van der Waals surface area contributed by atoms with Crippen molar-refractivity contribution in [3.05, 3.63) is 31.4 Å². The lowest BCUT2D eigenvalue weighted by Crippen LogP contribution is -2.41. The highest BCUT2D eigenvalue weighted by Gasteiger charge is 2.27. The van der Waals surface area contributed by atoms with Crippen LogP contribution in [0.25, 0.3) is 0 Å². The van der Waals surface area contributed by atoms with Gasteiger partial charge in [0.15, 0.2) is 5.69 Å². The zero-order chi connectivity index (χ0) is 20.0. The molecule has 27 heavy (non-hydrogen) atoms. The van der Waals surface area contributed by atoms with Gasteiger partial charge in [-0.2, -0.15) is 0 Å². The standard InChI is InChI=1S/C17H26N6O3S/c1-4-7-9-22(16(25)13-11(6-3)20-21-27-13)12-14(18)23(10-8-5-2)17(26)19-15(12)24/h4-10,18H2,1-3H3,(H,19,24,26). The van der Waals surface area contributed by atoms with E-state index < -0.39 is 11.2 Å². The van der Waals surface area contributed by atoms with Crippen LogP contribution in [0.1, 0.15) is 61.8 Å². The van der Waals surface area contributed by atoms with Crippen LogP contribution in [0.5, 0.6) is 0 Å². The monoisotopic (exact) mass is 394 g/mol. The summed E-state index contributed by atoms with van der Waals surface area (Å²) in [6.45, 7) is 6.56. The molecule has 0 aliphatic rings. The summed E-state index contributed by atoms with van der Waals surface area (Å²) in [6.07, 6.45) is 3.68. The summed E-state index contributed by atoms with van der Waals surface area (Å²) in [5, 5.41) is 3.98. The molecular weight excluding hydrogens is 368 g/mol. The Morgan fingerprint density at radius 3 is 2.56 bits per heavy atom. The number of hydrogen-bond donors (Lipinski definition) is 2. The summed E-state index contributed by atoms with van der Waals surface area (Å²) in [7, 11) is 0. The Morgan fingerprint density at radius 1 is 1.22 bits per heavy atom. The van der Waals surface area contributed by atoms with Gasteiger partial charge in [0.25, 0.3) is 11.5 Å². The van der Waals surface area contributed by atoms with E-state index in [1.54, 1.807) is 0 Å². The van der Waals surface area contributed by atoms with Crippen LogP contribution in [0.3, 0.4) is 0 Å². The van der Waals surface area contributed by atoms with Gasteiger partial charge in [0, 0.05) is 13.1 Å². The molecule has 0 radical (unpaired) electrons. The molecule has 9 nitrogen and oxygen atoms in total. The number of nitrogens with two attached hydrogens (primary N) is 1. The molecule has 2 aromatic heterocycles. The van der Waals surface area contributed by atoms with Crippen molar-refractivity contribution in [1.29, 1.82) is 0 Å². The van der Waals surface area contributed by atoms with Gasteiger partial charge in [0.05, 0.1) is 5.69 Å². The zero-order valence-electron chi connectivity index (χ0n) is 15.9. The number of nitrogens with one attached hydrogen (secondary N) is 1. The Balaban J connectivity index is 2.58. The highest BCUT2D eigenvalue weighted by atomic mass is 32.1. The fraction of sp³-hybridized carbons (Fsp3) is 0.588. The number of aromatic amines is 1. The molecule has 0 atom stereocenters. The van der Waals surface area contributed by atoms with Crippen molar-refractivity contribution in [2.75, 3.05) is 17.2 Å². The quantitative estimate of drug-likeness (QED) is 0.667. The van der Waals surface area contributed by atoms with Gasteiger partial charge in [-0.15, -0.1) is 5.10 Å². The van der Waals surface area contributed by atoms with Gasteiger partial charge < -0.3 is 5.73 Å². The molecule has 0 saturated carbocycles. The van der Waals surface area contributed by atoms with Crippen LogP contribution in [-0.2, 0) is 13.0 Å². The van der Waals surface area contributed by atoms with Gasteiger partial charge >= 0.3 is 5.69 Å². The number of unbranched alkanes of at least 4 members (excludes halogenated alkanes) is 2. The molecule has 0 aliphatic carbocycles. The van der Waals surface area contributed by atoms with Crippen LogP contribution in [0.2, 0.25) is 0 Å². The SMILES string of the molecule is CCCCN(C(=O)c1snnc1CC)c1c(N)n(CCCC)c(=O)[nH]c1=O. The summed E-state index contributed by atoms with van der Waals surface area (Å²) < 4.78 is 5.18. The van der Waals surface area contributed by atoms with Crippen molar-refractivity contribution in [1.82, 2.24) is 19.1 Å². The number of aryl methyl sites for hydroxylation is 1. The lowest BCUT2D eigenvalue weighted by atomic mass is 10.2. The van der Waals surface area contributed by atoms with Crippen LogP contribution in [0.4, 0.5) is 11.5 Å². The maximum atomic E-state index is 13.2. The third kappa shape index (κ3) is 4.44. The summed E-state index contributed by atoms with van der Waals surface area (Å²) in [5.74, 6) is -0.356. The van der Waals surface area contributed by atoms with Gasteiger partial charge in [-0.05, 0) is 30.8 Å². The molecule has 0 saturated heterocycles. The largest absolute Gasteiger partial charge is 0.383 e. The number of anilines is 2. The second-order valence-electron chi connectivity index (χ2n) is 6.21. The number of rotatable bonds is 9. The molecule has 1 amide bonds. The van der Waals surface area contributed by atoms with E-state index in [0.29, 0.717) is 36.5 Å². The minimum absolute atomic E-state index is 0.0113. The second kappa shape index (κ2) is 9.45. The first kappa shape index (κ1) is 20.8. The van der Waals surface area contributed by atoms with Crippen LogP contribution in [0.15, 0.2) is 9.59 Å². The number of nitrogen functional groups attached to an aromatic ring is 1. The molecule has 0 aromatic carbocycles. The molecule has 0 fully saturated rings. The van der Waals surface area contributed by atoms with Crippen molar-refractivity contribution in [2.45, 2.75) is 59.4 Å². The van der Waals surface area contributed by atoms with Gasteiger partial charge in [0.1, 0.15) is 10.7 Å². The third-order valence-corrected chi connectivity index (χ3v) is 5.04. The number of carbonyl (C=O) groups is 1. The third-order valence-electron chi connectivity index (χ3n) is 4.28. The number of H-pyrrole nitrogens is 1. The number of amides is 1. The lowest BCUT2D eigenvalue weighted by Gasteiger charge is -2.24. The van der Waals surface area contributed by atoms with Crippen LogP contribution >= 0.6 is 11.5 Å². The van der Waals surface area contributed by atoms with E-state index in [0.717, 1.165) is 30.8 Å². The van der Waals surface area contributed by atoms with E-state index in [9.17, 15) is 14.4 Å². The molecule has 2 rings (SSSR count). The van der Waals surface area contributed by atoms with E-state index in [1.165, 1.54) is 9.47 Å². The van der Waals surface area contributed by atoms with Crippen LogP contribution < -0.4 is 21.9 Å². The van der Waals surface area contributed by atoms with Crippen molar-refractivity contribution < 1.29 is 4.79 Å². The fourth-order valence-corrected chi connectivity index (χ4v) is 3.43. The predicted molar refractivity (Wildman–Crippen MR) is 107 cm³/mol. The highest BCUT2D eigenvalue weighted by Crippen LogP contribution is 2.23. The highest BCUT2D eigenvalue weighted by molar-refractivity contribution is 7.08. The average Bonchev–Trinajstić information content (AvgIpc) is 3.12. The Hall–Kier alpha value is -2.49. The van der Waals surface area contributed by atoms with Gasteiger partial charge in [-0.3, -0.25) is 24.0 Å². The van der Waals surface area contributed by atoms with Crippen molar-refractivity contribution in [3.63, 3.8) is 0 Å². The van der Waals surface area contributed by atoms with Crippen molar-refractivity contribution in [2.24, 2.45) is 0 Å². The van der Waals surface area contributed by atoms with Gasteiger partial charge in [-0.1, -0.05) is 38.1 Å². The lowest BCUT2D eigenvalue weighted by molar-refractivity contribution is 0.0989.